The van der Waals surface area contributed by atoms with Gasteiger partial charge in [0.1, 0.15) is 5.82 Å². The Morgan fingerprint density at radius 3 is 3.00 bits per heavy atom. The lowest BCUT2D eigenvalue weighted by atomic mass is 9.95. The van der Waals surface area contributed by atoms with Crippen LogP contribution in [0.25, 0.3) is 11.3 Å². The highest BCUT2D eigenvalue weighted by Gasteiger charge is 2.39. The molecule has 28 heavy (non-hydrogen) atoms. The zero-order valence-corrected chi connectivity index (χ0v) is 16.2. The predicted molar refractivity (Wildman–Crippen MR) is 103 cm³/mol. The van der Waals surface area contributed by atoms with Crippen LogP contribution in [-0.2, 0) is 11.2 Å². The van der Waals surface area contributed by atoms with Gasteiger partial charge < -0.3 is 15.0 Å². The average molecular weight is 384 g/mol. The van der Waals surface area contributed by atoms with E-state index in [2.05, 4.69) is 15.0 Å². The molecule has 0 spiro atoms. The number of aromatic nitrogens is 3. The Hall–Kier alpha value is -2.54. The van der Waals surface area contributed by atoms with Crippen molar-refractivity contribution in [2.24, 2.45) is 0 Å². The fourth-order valence-electron chi connectivity index (χ4n) is 4.10. The molecular weight excluding hydrogens is 359 g/mol. The Balaban J connectivity index is 1.57. The van der Waals surface area contributed by atoms with E-state index in [-0.39, 0.29) is 23.7 Å². The van der Waals surface area contributed by atoms with Gasteiger partial charge >= 0.3 is 0 Å². The van der Waals surface area contributed by atoms with Crippen molar-refractivity contribution in [3.8, 4) is 11.3 Å². The van der Waals surface area contributed by atoms with Crippen LogP contribution in [0.3, 0.4) is 0 Å². The van der Waals surface area contributed by atoms with Crippen molar-refractivity contribution in [3.05, 3.63) is 47.9 Å². The number of aromatic amines is 1. The molecule has 1 saturated heterocycles. The highest BCUT2D eigenvalue weighted by molar-refractivity contribution is 5.89. The first-order valence-electron chi connectivity index (χ1n) is 9.71. The Kier molecular flexibility index (Phi) is 4.79. The number of carbonyl (C=O) groups excluding carboxylic acids is 1. The molecule has 4 rings (SSSR count). The highest BCUT2D eigenvalue weighted by atomic mass is 19.1. The van der Waals surface area contributed by atoms with E-state index in [0.29, 0.717) is 29.8 Å². The molecule has 1 fully saturated rings. The zero-order valence-electron chi connectivity index (χ0n) is 16.2. The molecular formula is C21H25FN4O2. The summed E-state index contributed by atoms with van der Waals surface area (Å²) in [5.41, 5.74) is 0.501. The number of rotatable bonds is 5. The van der Waals surface area contributed by atoms with Crippen LogP contribution < -0.4 is 0 Å². The van der Waals surface area contributed by atoms with Crippen molar-refractivity contribution in [1.82, 2.24) is 19.9 Å². The normalized spacial score (nSPS) is 22.0. The van der Waals surface area contributed by atoms with Gasteiger partial charge in [-0.05, 0) is 51.7 Å². The summed E-state index contributed by atoms with van der Waals surface area (Å²) >= 11 is 0. The van der Waals surface area contributed by atoms with E-state index >= 15 is 0 Å². The molecule has 1 amide bonds. The summed E-state index contributed by atoms with van der Waals surface area (Å²) in [5.74, 6) is 0.593. The van der Waals surface area contributed by atoms with Gasteiger partial charge in [0, 0.05) is 30.3 Å². The predicted octanol–water partition coefficient (Wildman–Crippen LogP) is 2.96. The fraction of sp³-hybridized carbons (Fsp3) is 0.476. The van der Waals surface area contributed by atoms with E-state index in [1.54, 1.807) is 38.4 Å². The van der Waals surface area contributed by atoms with E-state index in [4.69, 9.17) is 0 Å². The number of halogens is 1. The molecule has 0 aromatic carbocycles. The number of nitrogens with one attached hydrogen (secondary N) is 1. The first kappa shape index (κ1) is 18.8. The number of fused-ring (bicyclic) bond motifs is 1. The average Bonchev–Trinajstić information content (AvgIpc) is 3.27. The van der Waals surface area contributed by atoms with Crippen molar-refractivity contribution in [2.75, 3.05) is 6.54 Å². The largest absolute Gasteiger partial charge is 0.390 e. The van der Waals surface area contributed by atoms with Crippen LogP contribution >= 0.6 is 0 Å². The van der Waals surface area contributed by atoms with Crippen molar-refractivity contribution < 1.29 is 14.3 Å². The summed E-state index contributed by atoms with van der Waals surface area (Å²) in [5, 5.41) is 9.90. The van der Waals surface area contributed by atoms with E-state index in [9.17, 15) is 14.3 Å². The number of aliphatic hydroxyl groups is 1. The number of carbonyl (C=O) groups is 1. The van der Waals surface area contributed by atoms with Gasteiger partial charge in [0.2, 0.25) is 5.91 Å². The quantitative estimate of drug-likeness (QED) is 0.830. The third-order valence-electron chi connectivity index (χ3n) is 5.64. The molecule has 6 nitrogen and oxygen atoms in total. The van der Waals surface area contributed by atoms with Crippen molar-refractivity contribution in [3.63, 3.8) is 0 Å². The Labute approximate surface area is 163 Å². The standard InChI is InChI=1S/C21H25FN4O2/c1-21(2,28)9-6-15-19(22)13(7-10-23-15)16-12-24-20(25-16)14-8-11-26-17(14)4-3-5-18(26)27/h3,5,7,10,12,14,17,28H,4,6,8-9,11H2,1-2H3,(H,24,25). The molecule has 7 heteroatoms. The van der Waals surface area contributed by atoms with Crippen LogP contribution in [0, 0.1) is 5.82 Å². The summed E-state index contributed by atoms with van der Waals surface area (Å²) in [6, 6.07) is 1.75. The summed E-state index contributed by atoms with van der Waals surface area (Å²) in [7, 11) is 0. The third-order valence-corrected chi connectivity index (χ3v) is 5.64. The number of pyridine rings is 1. The number of amides is 1. The van der Waals surface area contributed by atoms with Crippen LogP contribution in [0.1, 0.15) is 50.5 Å². The number of nitrogens with zero attached hydrogens (tertiary/aromatic N) is 3. The van der Waals surface area contributed by atoms with E-state index < -0.39 is 5.60 Å². The maximum absolute atomic E-state index is 15.0. The number of aryl methyl sites for hydroxylation is 1. The second-order valence-electron chi connectivity index (χ2n) is 8.25. The van der Waals surface area contributed by atoms with Crippen LogP contribution in [-0.4, -0.2) is 49.1 Å². The number of imidazole rings is 1. The minimum atomic E-state index is -0.870. The molecule has 2 aliphatic heterocycles. The minimum absolute atomic E-state index is 0.0576. The fourth-order valence-corrected chi connectivity index (χ4v) is 4.10. The molecule has 2 aromatic rings. The van der Waals surface area contributed by atoms with E-state index in [0.717, 1.165) is 25.2 Å². The molecule has 2 atom stereocenters. The minimum Gasteiger partial charge on any atom is -0.390 e. The third kappa shape index (κ3) is 3.58. The van der Waals surface area contributed by atoms with Gasteiger partial charge in [-0.15, -0.1) is 0 Å². The Bertz CT molecular complexity index is 915. The first-order valence-corrected chi connectivity index (χ1v) is 9.71. The molecule has 0 saturated carbocycles. The van der Waals surface area contributed by atoms with Crippen LogP contribution in [0.4, 0.5) is 4.39 Å². The van der Waals surface area contributed by atoms with Crippen molar-refractivity contribution in [2.45, 2.75) is 57.1 Å². The van der Waals surface area contributed by atoms with Gasteiger partial charge in [0.05, 0.1) is 23.2 Å². The maximum Gasteiger partial charge on any atom is 0.246 e. The lowest BCUT2D eigenvalue weighted by Gasteiger charge is -2.28. The van der Waals surface area contributed by atoms with Gasteiger partial charge in [0.15, 0.2) is 5.82 Å². The number of H-pyrrole nitrogens is 1. The lowest BCUT2D eigenvalue weighted by Crippen LogP contribution is -2.38. The van der Waals surface area contributed by atoms with Gasteiger partial charge in [-0.1, -0.05) is 6.08 Å². The molecule has 2 aromatic heterocycles. The molecule has 148 valence electrons. The molecule has 0 aliphatic carbocycles. The van der Waals surface area contributed by atoms with Gasteiger partial charge in [-0.2, -0.15) is 0 Å². The van der Waals surface area contributed by atoms with E-state index in [1.807, 2.05) is 11.0 Å². The summed E-state index contributed by atoms with van der Waals surface area (Å²) < 4.78 is 15.0. The Morgan fingerprint density at radius 2 is 2.21 bits per heavy atom. The Morgan fingerprint density at radius 1 is 1.39 bits per heavy atom. The van der Waals surface area contributed by atoms with Gasteiger partial charge in [0.25, 0.3) is 0 Å². The molecule has 2 N–H and O–H groups in total. The SMILES string of the molecule is CC(C)(O)CCc1nccc(-c2cnc(C3CCN4C(=O)C=CCC34)[nH]2)c1F. The first-order chi connectivity index (χ1) is 13.3. The second kappa shape index (κ2) is 7.13. The topological polar surface area (TPSA) is 82.1 Å². The van der Waals surface area contributed by atoms with Crippen LogP contribution in [0.5, 0.6) is 0 Å². The zero-order chi connectivity index (χ0) is 19.9. The smallest absolute Gasteiger partial charge is 0.246 e. The summed E-state index contributed by atoms with van der Waals surface area (Å²) in [4.78, 5) is 25.8. The molecule has 2 aliphatic rings. The monoisotopic (exact) mass is 384 g/mol. The molecule has 0 radical (unpaired) electrons. The summed E-state index contributed by atoms with van der Waals surface area (Å²) in [6.45, 7) is 4.12. The van der Waals surface area contributed by atoms with Crippen LogP contribution in [0.2, 0.25) is 0 Å². The number of hydrogen-bond acceptors (Lipinski definition) is 4. The van der Waals surface area contributed by atoms with Crippen molar-refractivity contribution >= 4 is 5.91 Å². The summed E-state index contributed by atoms with van der Waals surface area (Å²) in [6.07, 6.45) is 9.24. The van der Waals surface area contributed by atoms with Gasteiger partial charge in [-0.25, -0.2) is 9.37 Å². The maximum atomic E-state index is 15.0. The lowest BCUT2D eigenvalue weighted by molar-refractivity contribution is -0.127. The molecule has 2 unspecified atom stereocenters. The molecule has 0 bridgehead atoms. The number of hydrogen-bond donors (Lipinski definition) is 2. The highest BCUT2D eigenvalue weighted by Crippen LogP contribution is 2.37. The van der Waals surface area contributed by atoms with Crippen molar-refractivity contribution in [1.29, 1.82) is 0 Å². The second-order valence-corrected chi connectivity index (χ2v) is 8.25. The van der Waals surface area contributed by atoms with Gasteiger partial charge in [-0.3, -0.25) is 9.78 Å². The molecule has 4 heterocycles. The van der Waals surface area contributed by atoms with Crippen LogP contribution in [0.15, 0.2) is 30.6 Å². The van der Waals surface area contributed by atoms with E-state index in [1.165, 1.54) is 0 Å².